The predicted molar refractivity (Wildman–Crippen MR) is 144 cm³/mol. The normalized spacial score (nSPS) is 20.3. The van der Waals surface area contributed by atoms with Crippen molar-refractivity contribution in [3.63, 3.8) is 0 Å². The van der Waals surface area contributed by atoms with E-state index in [4.69, 9.17) is 0 Å². The Kier molecular flexibility index (Phi) is 5.86. The number of nitrogens with one attached hydrogen (secondary N) is 1. The van der Waals surface area contributed by atoms with Crippen LogP contribution in [0.1, 0.15) is 60.8 Å². The van der Waals surface area contributed by atoms with Crippen LogP contribution in [0.25, 0.3) is 16.6 Å². The highest BCUT2D eigenvalue weighted by Crippen LogP contribution is 2.39. The first kappa shape index (κ1) is 23.5. The molecule has 2 amide bonds. The van der Waals surface area contributed by atoms with E-state index < -0.39 is 5.54 Å². The number of hydrogen-bond donors (Lipinski definition) is 1. The first-order valence-corrected chi connectivity index (χ1v) is 13.2. The summed E-state index contributed by atoms with van der Waals surface area (Å²) in [4.78, 5) is 34.7. The van der Waals surface area contributed by atoms with Gasteiger partial charge in [0.15, 0.2) is 0 Å². The van der Waals surface area contributed by atoms with Crippen LogP contribution in [-0.2, 0) is 17.9 Å². The lowest BCUT2D eigenvalue weighted by atomic mass is 9.91. The van der Waals surface area contributed by atoms with Crippen molar-refractivity contribution in [3.8, 4) is 5.69 Å². The number of rotatable bonds is 5. The maximum Gasteiger partial charge on any atom is 0.274 e. The molecule has 0 bridgehead atoms. The molecule has 37 heavy (non-hydrogen) atoms. The summed E-state index contributed by atoms with van der Waals surface area (Å²) in [5.41, 5.74) is 3.25. The van der Waals surface area contributed by atoms with Crippen molar-refractivity contribution in [2.24, 2.45) is 0 Å². The molecule has 1 atom stereocenters. The highest BCUT2D eigenvalue weighted by Gasteiger charge is 2.49. The Balaban J connectivity index is 1.51. The second kappa shape index (κ2) is 9.21. The Morgan fingerprint density at radius 1 is 1.08 bits per heavy atom. The lowest BCUT2D eigenvalue weighted by Crippen LogP contribution is -2.64. The van der Waals surface area contributed by atoms with Crippen LogP contribution < -0.4 is 5.32 Å². The molecule has 7 heteroatoms. The maximum absolute atomic E-state index is 14.5. The fraction of sp³-hybridized carbons (Fsp3) is 0.367. The van der Waals surface area contributed by atoms with Crippen molar-refractivity contribution in [2.75, 3.05) is 0 Å². The van der Waals surface area contributed by atoms with Crippen LogP contribution in [0.4, 0.5) is 0 Å². The number of pyridine rings is 1. The Hall–Kier alpha value is -3.87. The minimum atomic E-state index is -1.07. The molecule has 6 rings (SSSR count). The van der Waals surface area contributed by atoms with Crippen LogP contribution in [0.2, 0.25) is 0 Å². The largest absolute Gasteiger partial charge is 0.351 e. The van der Waals surface area contributed by atoms with Crippen LogP contribution in [0.3, 0.4) is 0 Å². The molecule has 1 aliphatic carbocycles. The van der Waals surface area contributed by atoms with Gasteiger partial charge >= 0.3 is 0 Å². The standard InChI is InChI=1S/C30H33N5O2/c1-21-13-14-25-24(18-21)26(33-16-8-9-17-33)27-28(36)35(19-23-12-6-7-15-31-23)30(2,20-34(25)27)29(37)32-22-10-4-3-5-11-22/h6-9,12-18,22H,3-5,10-11,19-20H2,1-2H3,(H,32,37)/t30-/m1/s1. The smallest absolute Gasteiger partial charge is 0.274 e. The molecule has 0 spiro atoms. The molecular formula is C30H33N5O2. The van der Waals surface area contributed by atoms with E-state index >= 15 is 0 Å². The highest BCUT2D eigenvalue weighted by molar-refractivity contribution is 6.09. The fourth-order valence-corrected chi connectivity index (χ4v) is 6.00. The minimum Gasteiger partial charge on any atom is -0.351 e. The van der Waals surface area contributed by atoms with Gasteiger partial charge in [-0.3, -0.25) is 14.6 Å². The van der Waals surface area contributed by atoms with E-state index in [-0.39, 0.29) is 24.4 Å². The average molecular weight is 496 g/mol. The van der Waals surface area contributed by atoms with Gasteiger partial charge in [-0.25, -0.2) is 0 Å². The highest BCUT2D eigenvalue weighted by atomic mass is 16.2. The summed E-state index contributed by atoms with van der Waals surface area (Å²) in [5, 5.41) is 4.32. The SMILES string of the molecule is Cc1ccc2c(c1)c(-n1cccc1)c1n2C[C@](C)(C(=O)NC2CCCCC2)N(Cc2ccccn2)C1=O. The van der Waals surface area contributed by atoms with Crippen molar-refractivity contribution in [1.29, 1.82) is 0 Å². The van der Waals surface area contributed by atoms with Crippen LogP contribution in [0.5, 0.6) is 0 Å². The van der Waals surface area contributed by atoms with Gasteiger partial charge in [-0.1, -0.05) is 37.0 Å². The minimum absolute atomic E-state index is 0.0918. The molecule has 2 aliphatic rings. The van der Waals surface area contributed by atoms with Crippen LogP contribution in [-0.4, -0.2) is 42.4 Å². The second-order valence-corrected chi connectivity index (χ2v) is 10.7. The Bertz CT molecular complexity index is 1450. The number of nitrogens with zero attached hydrogens (tertiary/aromatic N) is 4. The van der Waals surface area contributed by atoms with E-state index in [1.807, 2.05) is 54.2 Å². The molecule has 1 fully saturated rings. The summed E-state index contributed by atoms with van der Waals surface area (Å²) in [5.74, 6) is -0.249. The van der Waals surface area contributed by atoms with Gasteiger partial charge in [0.05, 0.1) is 30.0 Å². The van der Waals surface area contributed by atoms with Gasteiger partial charge in [0, 0.05) is 30.0 Å². The molecule has 3 aromatic heterocycles. The first-order valence-electron chi connectivity index (χ1n) is 13.2. The zero-order chi connectivity index (χ0) is 25.6. The van der Waals surface area contributed by atoms with E-state index in [0.717, 1.165) is 53.5 Å². The number of amides is 2. The number of carbonyl (C=O) groups is 2. The average Bonchev–Trinajstić information content (AvgIpc) is 3.54. The van der Waals surface area contributed by atoms with Crippen LogP contribution >= 0.6 is 0 Å². The van der Waals surface area contributed by atoms with Crippen molar-refractivity contribution in [1.82, 2.24) is 24.3 Å². The number of carbonyl (C=O) groups excluding carboxylic acids is 2. The van der Waals surface area contributed by atoms with E-state index in [1.54, 1.807) is 11.1 Å². The summed E-state index contributed by atoms with van der Waals surface area (Å²) in [7, 11) is 0. The number of aryl methyl sites for hydroxylation is 1. The third-order valence-corrected chi connectivity index (χ3v) is 8.04. The van der Waals surface area contributed by atoms with Gasteiger partial charge in [0.1, 0.15) is 11.2 Å². The van der Waals surface area contributed by atoms with E-state index in [0.29, 0.717) is 12.2 Å². The number of benzene rings is 1. The van der Waals surface area contributed by atoms with Crippen molar-refractivity contribution in [3.05, 3.63) is 84.1 Å². The van der Waals surface area contributed by atoms with E-state index in [9.17, 15) is 9.59 Å². The van der Waals surface area contributed by atoms with Crippen LogP contribution in [0.15, 0.2) is 67.1 Å². The summed E-state index contributed by atoms with van der Waals surface area (Å²) in [6.45, 7) is 4.61. The number of aromatic nitrogens is 3. The molecule has 0 radical (unpaired) electrons. The molecule has 4 heterocycles. The van der Waals surface area contributed by atoms with Crippen molar-refractivity contribution >= 4 is 22.7 Å². The summed E-state index contributed by atoms with van der Waals surface area (Å²) >= 11 is 0. The third-order valence-electron chi connectivity index (χ3n) is 8.04. The molecule has 1 aromatic carbocycles. The molecular weight excluding hydrogens is 462 g/mol. The maximum atomic E-state index is 14.5. The van der Waals surface area contributed by atoms with E-state index in [1.165, 1.54) is 6.42 Å². The third kappa shape index (κ3) is 4.02. The molecule has 1 saturated carbocycles. The van der Waals surface area contributed by atoms with Gasteiger partial charge < -0.3 is 19.4 Å². The lowest BCUT2D eigenvalue weighted by molar-refractivity contribution is -0.134. The second-order valence-electron chi connectivity index (χ2n) is 10.7. The monoisotopic (exact) mass is 495 g/mol. The van der Waals surface area contributed by atoms with Gasteiger partial charge in [0.2, 0.25) is 5.91 Å². The Labute approximate surface area is 217 Å². The molecule has 1 N–H and O–H groups in total. The van der Waals surface area contributed by atoms with Crippen molar-refractivity contribution in [2.45, 2.75) is 70.6 Å². The molecule has 7 nitrogen and oxygen atoms in total. The van der Waals surface area contributed by atoms with Crippen LogP contribution in [0, 0.1) is 6.92 Å². The first-order chi connectivity index (χ1) is 18.0. The fourth-order valence-electron chi connectivity index (χ4n) is 6.00. The quantitative estimate of drug-likeness (QED) is 0.424. The molecule has 1 aliphatic heterocycles. The van der Waals surface area contributed by atoms with Gasteiger partial charge in [-0.2, -0.15) is 0 Å². The Morgan fingerprint density at radius 3 is 2.59 bits per heavy atom. The Morgan fingerprint density at radius 2 is 1.86 bits per heavy atom. The van der Waals surface area contributed by atoms with Gasteiger partial charge in [-0.05, 0) is 63.1 Å². The van der Waals surface area contributed by atoms with E-state index in [2.05, 4.69) is 40.0 Å². The summed E-state index contributed by atoms with van der Waals surface area (Å²) in [6, 6.07) is 16.0. The summed E-state index contributed by atoms with van der Waals surface area (Å²) < 4.78 is 4.07. The molecule has 0 unspecified atom stereocenters. The molecule has 190 valence electrons. The predicted octanol–water partition coefficient (Wildman–Crippen LogP) is 5.00. The molecule has 4 aromatic rings. The van der Waals surface area contributed by atoms with Crippen molar-refractivity contribution < 1.29 is 9.59 Å². The number of hydrogen-bond acceptors (Lipinski definition) is 3. The lowest BCUT2D eigenvalue weighted by Gasteiger charge is -2.45. The summed E-state index contributed by atoms with van der Waals surface area (Å²) in [6.07, 6.45) is 11.1. The van der Waals surface area contributed by atoms with Gasteiger partial charge in [0.25, 0.3) is 5.91 Å². The number of fused-ring (bicyclic) bond motifs is 3. The zero-order valence-corrected chi connectivity index (χ0v) is 21.5. The van der Waals surface area contributed by atoms with Gasteiger partial charge in [-0.15, -0.1) is 0 Å². The zero-order valence-electron chi connectivity index (χ0n) is 21.5. The molecule has 0 saturated heterocycles. The topological polar surface area (TPSA) is 72.2 Å².